The van der Waals surface area contributed by atoms with E-state index < -0.39 is 23.3 Å². The molecule has 1 aromatic heterocycles. The predicted octanol–water partition coefficient (Wildman–Crippen LogP) is 3.27. The van der Waals surface area contributed by atoms with Crippen LogP contribution in [-0.4, -0.2) is 28.9 Å². The number of carbonyl (C=O) groups excluding carboxylic acids is 2. The van der Waals surface area contributed by atoms with Crippen LogP contribution in [0.15, 0.2) is 58.5 Å². The topological polar surface area (TPSA) is 113 Å². The molecule has 8 nitrogen and oxygen atoms in total. The van der Waals surface area contributed by atoms with Gasteiger partial charge < -0.3 is 20.4 Å². The van der Waals surface area contributed by atoms with E-state index in [-0.39, 0.29) is 28.8 Å². The molecule has 0 saturated carbocycles. The van der Waals surface area contributed by atoms with Gasteiger partial charge in [-0.15, -0.1) is 0 Å². The van der Waals surface area contributed by atoms with Crippen LogP contribution in [0.1, 0.15) is 23.5 Å². The molecule has 10 heteroatoms. The van der Waals surface area contributed by atoms with Crippen molar-refractivity contribution in [2.24, 2.45) is 0 Å². The second-order valence-corrected chi connectivity index (χ2v) is 8.01. The van der Waals surface area contributed by atoms with Crippen LogP contribution in [0.4, 0.5) is 15.9 Å². The zero-order valence-corrected chi connectivity index (χ0v) is 17.8. The number of ether oxygens (including phenoxy) is 1. The Balaban J connectivity index is 1.57. The van der Waals surface area contributed by atoms with Gasteiger partial charge in [0.15, 0.2) is 5.16 Å². The van der Waals surface area contributed by atoms with Crippen molar-refractivity contribution in [3.63, 3.8) is 0 Å². The molecule has 3 aromatic rings. The van der Waals surface area contributed by atoms with E-state index in [0.29, 0.717) is 17.2 Å². The summed E-state index contributed by atoms with van der Waals surface area (Å²) in [5.41, 5.74) is 0.873. The number of aromatic nitrogens is 2. The number of anilines is 2. The molecule has 0 unspecified atom stereocenters. The molecule has 1 atom stereocenters. The third-order valence-electron chi connectivity index (χ3n) is 4.90. The number of aromatic amines is 1. The molecule has 2 aromatic carbocycles. The Morgan fingerprint density at radius 3 is 2.72 bits per heavy atom. The summed E-state index contributed by atoms with van der Waals surface area (Å²) < 4.78 is 18.3. The fraction of sp³-hybridized carbons (Fsp3) is 0.182. The van der Waals surface area contributed by atoms with E-state index in [1.165, 1.54) is 31.0 Å². The molecule has 2 amide bonds. The standard InChI is InChI=1S/C22H19FN4O4S/c1-31-16-5-3-2-4-15(16)24-20(29)14-10-17(28)25-19-18(14)21(30)27-22(26-19)32-11-12-6-8-13(23)9-7-12/h2-9,14H,10-11H2,1H3,(H,24,29)(H2,25,26,27,28,30)/t14-/m0/s1. The van der Waals surface area contributed by atoms with Crippen molar-refractivity contribution in [2.45, 2.75) is 23.2 Å². The summed E-state index contributed by atoms with van der Waals surface area (Å²) in [6, 6.07) is 12.8. The van der Waals surface area contributed by atoms with Crippen LogP contribution in [0.3, 0.4) is 0 Å². The minimum absolute atomic E-state index is 0.0618. The maximum atomic E-state index is 13.1. The molecule has 1 aliphatic rings. The summed E-state index contributed by atoms with van der Waals surface area (Å²) in [5, 5.41) is 5.59. The Morgan fingerprint density at radius 1 is 1.22 bits per heavy atom. The van der Waals surface area contributed by atoms with Crippen molar-refractivity contribution in [2.75, 3.05) is 17.7 Å². The fourth-order valence-corrected chi connectivity index (χ4v) is 4.16. The number of halogens is 1. The molecule has 4 rings (SSSR count). The number of methoxy groups -OCH3 is 1. The van der Waals surface area contributed by atoms with Gasteiger partial charge in [-0.25, -0.2) is 9.37 Å². The number of para-hydroxylation sites is 2. The molecule has 1 aliphatic heterocycles. The van der Waals surface area contributed by atoms with E-state index in [4.69, 9.17) is 4.74 Å². The van der Waals surface area contributed by atoms with Gasteiger partial charge in [-0.05, 0) is 29.8 Å². The predicted molar refractivity (Wildman–Crippen MR) is 118 cm³/mol. The van der Waals surface area contributed by atoms with Crippen LogP contribution in [0, 0.1) is 5.82 Å². The van der Waals surface area contributed by atoms with Crippen molar-refractivity contribution >= 4 is 35.1 Å². The average Bonchev–Trinajstić information content (AvgIpc) is 2.78. The van der Waals surface area contributed by atoms with Gasteiger partial charge in [0.05, 0.1) is 24.3 Å². The SMILES string of the molecule is COc1ccccc1NC(=O)[C@H]1CC(=O)Nc2nc(SCc3ccc(F)cc3)[nH]c(=O)c21. The van der Waals surface area contributed by atoms with Gasteiger partial charge in [0.1, 0.15) is 17.4 Å². The lowest BCUT2D eigenvalue weighted by atomic mass is 9.92. The average molecular weight is 454 g/mol. The first-order valence-electron chi connectivity index (χ1n) is 9.70. The van der Waals surface area contributed by atoms with Crippen molar-refractivity contribution < 1.29 is 18.7 Å². The van der Waals surface area contributed by atoms with Gasteiger partial charge in [-0.3, -0.25) is 14.4 Å². The second-order valence-electron chi connectivity index (χ2n) is 7.04. The second kappa shape index (κ2) is 9.23. The zero-order valence-electron chi connectivity index (χ0n) is 17.0. The lowest BCUT2D eigenvalue weighted by Gasteiger charge is -2.23. The molecular formula is C22H19FN4O4S. The molecule has 0 radical (unpaired) electrons. The van der Waals surface area contributed by atoms with Gasteiger partial charge >= 0.3 is 0 Å². The number of nitrogens with zero attached hydrogens (tertiary/aromatic N) is 1. The quantitative estimate of drug-likeness (QED) is 0.389. The highest BCUT2D eigenvalue weighted by molar-refractivity contribution is 7.98. The van der Waals surface area contributed by atoms with Crippen LogP contribution in [0.5, 0.6) is 5.75 Å². The number of nitrogens with one attached hydrogen (secondary N) is 3. The smallest absolute Gasteiger partial charge is 0.257 e. The molecule has 0 bridgehead atoms. The van der Waals surface area contributed by atoms with E-state index >= 15 is 0 Å². The van der Waals surface area contributed by atoms with Crippen LogP contribution in [0.2, 0.25) is 0 Å². The number of fused-ring (bicyclic) bond motifs is 1. The highest BCUT2D eigenvalue weighted by atomic mass is 32.2. The van der Waals surface area contributed by atoms with Gasteiger partial charge in [-0.1, -0.05) is 36.0 Å². The summed E-state index contributed by atoms with van der Waals surface area (Å²) >= 11 is 1.23. The van der Waals surface area contributed by atoms with E-state index in [1.54, 1.807) is 36.4 Å². The van der Waals surface area contributed by atoms with Crippen molar-refractivity contribution in [3.8, 4) is 5.75 Å². The number of hydrogen-bond acceptors (Lipinski definition) is 6. The molecule has 0 fully saturated rings. The van der Waals surface area contributed by atoms with Crippen LogP contribution in [-0.2, 0) is 15.3 Å². The first-order valence-corrected chi connectivity index (χ1v) is 10.7. The van der Waals surface area contributed by atoms with Crippen molar-refractivity contribution in [1.82, 2.24) is 9.97 Å². The summed E-state index contributed by atoms with van der Waals surface area (Å²) in [4.78, 5) is 45.0. The van der Waals surface area contributed by atoms with Crippen molar-refractivity contribution in [3.05, 3.63) is 75.8 Å². The van der Waals surface area contributed by atoms with Gasteiger partial charge in [-0.2, -0.15) is 0 Å². The summed E-state index contributed by atoms with van der Waals surface area (Å²) in [6.45, 7) is 0. The largest absolute Gasteiger partial charge is 0.495 e. The maximum absolute atomic E-state index is 13.1. The molecule has 0 saturated heterocycles. The molecule has 3 N–H and O–H groups in total. The summed E-state index contributed by atoms with van der Waals surface area (Å²) in [6.07, 6.45) is -0.180. The molecule has 0 spiro atoms. The number of carbonyl (C=O) groups is 2. The third-order valence-corrected chi connectivity index (χ3v) is 5.84. The fourth-order valence-electron chi connectivity index (χ4n) is 3.34. The van der Waals surface area contributed by atoms with E-state index in [2.05, 4.69) is 20.6 Å². The summed E-state index contributed by atoms with van der Waals surface area (Å²) in [5.74, 6) is -1.30. The molecule has 0 aliphatic carbocycles. The minimum atomic E-state index is -1.00. The zero-order chi connectivity index (χ0) is 22.7. The third kappa shape index (κ3) is 4.65. The number of hydrogen-bond donors (Lipinski definition) is 3. The molecule has 32 heavy (non-hydrogen) atoms. The van der Waals surface area contributed by atoms with E-state index in [1.807, 2.05) is 0 Å². The monoisotopic (exact) mass is 454 g/mol. The van der Waals surface area contributed by atoms with Crippen molar-refractivity contribution in [1.29, 1.82) is 0 Å². The lowest BCUT2D eigenvalue weighted by Crippen LogP contribution is -2.36. The van der Waals surface area contributed by atoms with Crippen LogP contribution >= 0.6 is 11.8 Å². The minimum Gasteiger partial charge on any atom is -0.495 e. The maximum Gasteiger partial charge on any atom is 0.257 e. The number of rotatable bonds is 6. The molecule has 2 heterocycles. The normalized spacial score (nSPS) is 14.9. The highest BCUT2D eigenvalue weighted by Gasteiger charge is 2.35. The van der Waals surface area contributed by atoms with E-state index in [0.717, 1.165) is 5.56 Å². The van der Waals surface area contributed by atoms with Crippen LogP contribution < -0.4 is 20.9 Å². The van der Waals surface area contributed by atoms with Gasteiger partial charge in [0.2, 0.25) is 11.8 Å². The van der Waals surface area contributed by atoms with Crippen LogP contribution in [0.25, 0.3) is 0 Å². The number of amides is 2. The lowest BCUT2D eigenvalue weighted by molar-refractivity contribution is -0.123. The summed E-state index contributed by atoms with van der Waals surface area (Å²) in [7, 11) is 1.48. The first kappa shape index (κ1) is 21.6. The van der Waals surface area contributed by atoms with E-state index in [9.17, 15) is 18.8 Å². The number of thioether (sulfide) groups is 1. The highest BCUT2D eigenvalue weighted by Crippen LogP contribution is 2.32. The Labute approximate surface area is 186 Å². The molecule has 164 valence electrons. The Bertz CT molecular complexity index is 1230. The van der Waals surface area contributed by atoms with Gasteiger partial charge in [0, 0.05) is 12.2 Å². The number of H-pyrrole nitrogens is 1. The Kier molecular flexibility index (Phi) is 6.22. The number of benzene rings is 2. The Hall–Kier alpha value is -3.66. The molecular weight excluding hydrogens is 435 g/mol. The van der Waals surface area contributed by atoms with Gasteiger partial charge in [0.25, 0.3) is 5.56 Å². The first-order chi connectivity index (χ1) is 15.4. The Morgan fingerprint density at radius 2 is 1.97 bits per heavy atom.